The zero-order valence-corrected chi connectivity index (χ0v) is 20.3. The highest BCUT2D eigenvalue weighted by Gasteiger charge is 2.27. The number of carbonyl (C=O) groups is 1. The Bertz CT molecular complexity index is 1150. The predicted octanol–water partition coefficient (Wildman–Crippen LogP) is 5.04. The molecule has 0 spiro atoms. The average molecular weight is 434 g/mol. The molecule has 4 rings (SSSR count). The van der Waals surface area contributed by atoms with Gasteiger partial charge < -0.3 is 9.80 Å². The van der Waals surface area contributed by atoms with Gasteiger partial charge in [0.25, 0.3) is 5.91 Å². The van der Waals surface area contributed by atoms with Gasteiger partial charge in [0.15, 0.2) is 5.65 Å². The van der Waals surface area contributed by atoms with Crippen molar-refractivity contribution in [2.24, 2.45) is 0 Å². The third-order valence-electron chi connectivity index (χ3n) is 6.88. The van der Waals surface area contributed by atoms with Gasteiger partial charge in [0, 0.05) is 43.5 Å². The van der Waals surface area contributed by atoms with E-state index < -0.39 is 0 Å². The lowest BCUT2D eigenvalue weighted by molar-refractivity contribution is 0.0721. The Hall–Kier alpha value is -2.89. The Labute approximate surface area is 191 Å². The molecule has 0 aliphatic carbocycles. The Kier molecular flexibility index (Phi) is 6.22. The van der Waals surface area contributed by atoms with Crippen molar-refractivity contribution in [3.8, 4) is 0 Å². The van der Waals surface area contributed by atoms with E-state index in [0.717, 1.165) is 83.8 Å². The molecule has 1 unspecified atom stereocenters. The lowest BCUT2D eigenvalue weighted by Gasteiger charge is -2.27. The van der Waals surface area contributed by atoms with Crippen LogP contribution in [0.3, 0.4) is 0 Å². The van der Waals surface area contributed by atoms with E-state index in [-0.39, 0.29) is 11.9 Å². The number of rotatable bonds is 1. The minimum absolute atomic E-state index is 0.0696. The molecular formula is C26H35N5O. The summed E-state index contributed by atoms with van der Waals surface area (Å²) >= 11 is 0. The number of carbonyl (C=O) groups excluding carboxylic acids is 1. The second kappa shape index (κ2) is 8.93. The van der Waals surface area contributed by atoms with Gasteiger partial charge >= 0.3 is 0 Å². The van der Waals surface area contributed by atoms with Crippen LogP contribution in [0, 0.1) is 20.8 Å². The summed E-state index contributed by atoms with van der Waals surface area (Å²) < 4.78 is 1.97. The summed E-state index contributed by atoms with van der Waals surface area (Å²) in [5.74, 6) is 1.16. The highest BCUT2D eigenvalue weighted by Crippen LogP contribution is 2.30. The maximum atomic E-state index is 13.6. The van der Waals surface area contributed by atoms with Gasteiger partial charge in [0.05, 0.1) is 11.7 Å². The Morgan fingerprint density at radius 3 is 2.59 bits per heavy atom. The van der Waals surface area contributed by atoms with Gasteiger partial charge in [-0.25, -0.2) is 4.98 Å². The van der Waals surface area contributed by atoms with E-state index in [9.17, 15) is 4.79 Å². The zero-order chi connectivity index (χ0) is 23.0. The molecule has 3 aromatic rings. The molecule has 0 saturated carbocycles. The van der Waals surface area contributed by atoms with Crippen molar-refractivity contribution < 1.29 is 4.79 Å². The van der Waals surface area contributed by atoms with Crippen LogP contribution in [-0.2, 0) is 6.42 Å². The molecule has 170 valence electrons. The number of amides is 1. The molecule has 1 aliphatic rings. The predicted molar refractivity (Wildman–Crippen MR) is 130 cm³/mol. The minimum atomic E-state index is -0.110. The second-order valence-corrected chi connectivity index (χ2v) is 9.22. The molecule has 2 aromatic heterocycles. The summed E-state index contributed by atoms with van der Waals surface area (Å²) in [4.78, 5) is 22.6. The van der Waals surface area contributed by atoms with Crippen LogP contribution in [0.2, 0.25) is 0 Å². The summed E-state index contributed by atoms with van der Waals surface area (Å²) in [7, 11) is 4.05. The minimum Gasteiger partial charge on any atom is -0.359 e. The third-order valence-corrected chi connectivity index (χ3v) is 6.88. The van der Waals surface area contributed by atoms with Crippen molar-refractivity contribution in [2.75, 3.05) is 25.5 Å². The number of nitrogens with zero attached hydrogens (tertiary/aromatic N) is 5. The standard InChI is InChI=1S/C26H35N5O/c1-7-23-22-16-24-27-19(4)18(3)25(31(24)28-22)29(5)14-10-8-9-11-20-13-12-17(2)15-21(20)26(32)30(23)6/h12-13,15-16,23H,7-11,14H2,1-6H3. The van der Waals surface area contributed by atoms with Gasteiger partial charge in [-0.3, -0.25) is 4.79 Å². The van der Waals surface area contributed by atoms with E-state index in [1.807, 2.05) is 28.6 Å². The van der Waals surface area contributed by atoms with Crippen molar-refractivity contribution in [1.82, 2.24) is 19.5 Å². The van der Waals surface area contributed by atoms with E-state index >= 15 is 0 Å². The smallest absolute Gasteiger partial charge is 0.254 e. The molecule has 0 N–H and O–H groups in total. The lowest BCUT2D eigenvalue weighted by atomic mass is 9.97. The molecule has 6 heteroatoms. The van der Waals surface area contributed by atoms with Crippen molar-refractivity contribution >= 4 is 17.4 Å². The van der Waals surface area contributed by atoms with Crippen molar-refractivity contribution in [2.45, 2.75) is 65.8 Å². The van der Waals surface area contributed by atoms with Crippen LogP contribution in [0.15, 0.2) is 24.3 Å². The first-order valence-corrected chi connectivity index (χ1v) is 11.8. The van der Waals surface area contributed by atoms with Crippen LogP contribution in [0.5, 0.6) is 0 Å². The van der Waals surface area contributed by atoms with Crippen molar-refractivity contribution in [3.05, 3.63) is 57.9 Å². The third kappa shape index (κ3) is 3.98. The summed E-state index contributed by atoms with van der Waals surface area (Å²) in [6.45, 7) is 9.31. The van der Waals surface area contributed by atoms with Gasteiger partial charge in [-0.05, 0) is 58.1 Å². The normalized spacial score (nSPS) is 18.1. The van der Waals surface area contributed by atoms with E-state index in [2.05, 4.69) is 51.8 Å². The average Bonchev–Trinajstić information content (AvgIpc) is 3.16. The fraction of sp³-hybridized carbons (Fsp3) is 0.500. The van der Waals surface area contributed by atoms with Crippen LogP contribution in [0.4, 0.5) is 5.82 Å². The Balaban J connectivity index is 1.86. The summed E-state index contributed by atoms with van der Waals surface area (Å²) in [5, 5.41) is 4.99. The van der Waals surface area contributed by atoms with Crippen LogP contribution < -0.4 is 4.90 Å². The van der Waals surface area contributed by atoms with E-state index in [0.29, 0.717) is 0 Å². The first kappa shape index (κ1) is 22.3. The quantitative estimate of drug-likeness (QED) is 0.539. The number of hydrogen-bond acceptors (Lipinski definition) is 4. The first-order valence-electron chi connectivity index (χ1n) is 11.8. The molecule has 32 heavy (non-hydrogen) atoms. The number of benzene rings is 1. The number of aryl methyl sites for hydroxylation is 3. The number of hydrogen-bond donors (Lipinski definition) is 0. The second-order valence-electron chi connectivity index (χ2n) is 9.22. The largest absolute Gasteiger partial charge is 0.359 e. The molecule has 1 atom stereocenters. The van der Waals surface area contributed by atoms with Crippen LogP contribution in [0.1, 0.15) is 77.1 Å². The Morgan fingerprint density at radius 2 is 1.84 bits per heavy atom. The fourth-order valence-electron chi connectivity index (χ4n) is 4.88. The first-order chi connectivity index (χ1) is 15.3. The van der Waals surface area contributed by atoms with Crippen LogP contribution in [0.25, 0.3) is 5.65 Å². The molecule has 1 amide bonds. The van der Waals surface area contributed by atoms with Crippen LogP contribution >= 0.6 is 0 Å². The summed E-state index contributed by atoms with van der Waals surface area (Å²) in [6.07, 6.45) is 5.01. The van der Waals surface area contributed by atoms with Gasteiger partial charge in [-0.1, -0.05) is 31.0 Å². The maximum absolute atomic E-state index is 13.6. The van der Waals surface area contributed by atoms with Gasteiger partial charge in [0.2, 0.25) is 0 Å². The molecule has 2 bridgehead atoms. The van der Waals surface area contributed by atoms with Crippen LogP contribution in [-0.4, -0.2) is 46.0 Å². The Morgan fingerprint density at radius 1 is 1.06 bits per heavy atom. The van der Waals surface area contributed by atoms with Crippen molar-refractivity contribution in [3.63, 3.8) is 0 Å². The number of fused-ring (bicyclic) bond motifs is 2. The highest BCUT2D eigenvalue weighted by atomic mass is 16.2. The molecule has 6 nitrogen and oxygen atoms in total. The molecule has 0 saturated heterocycles. The molecule has 1 aromatic carbocycles. The van der Waals surface area contributed by atoms with E-state index in [4.69, 9.17) is 10.1 Å². The maximum Gasteiger partial charge on any atom is 0.254 e. The topological polar surface area (TPSA) is 53.7 Å². The monoisotopic (exact) mass is 433 g/mol. The lowest BCUT2D eigenvalue weighted by Crippen LogP contribution is -2.32. The van der Waals surface area contributed by atoms with Crippen molar-refractivity contribution in [1.29, 1.82) is 0 Å². The van der Waals surface area contributed by atoms with E-state index in [1.54, 1.807) is 0 Å². The molecule has 3 heterocycles. The highest BCUT2D eigenvalue weighted by molar-refractivity contribution is 5.96. The van der Waals surface area contributed by atoms with Gasteiger partial charge in [0.1, 0.15) is 5.82 Å². The van der Waals surface area contributed by atoms with E-state index in [1.165, 1.54) is 0 Å². The van der Waals surface area contributed by atoms with Gasteiger partial charge in [-0.15, -0.1) is 0 Å². The number of anilines is 1. The molecular weight excluding hydrogens is 398 g/mol. The SMILES string of the molecule is CCC1c2cc3nc(C)c(C)c(n3n2)N(C)CCCCCc2ccc(C)cc2C(=O)N1C. The van der Waals surface area contributed by atoms with Gasteiger partial charge in [-0.2, -0.15) is 9.61 Å². The summed E-state index contributed by atoms with van der Waals surface area (Å²) in [5.41, 5.74) is 6.99. The molecule has 0 radical (unpaired) electrons. The fourth-order valence-corrected chi connectivity index (χ4v) is 4.88. The number of aromatic nitrogens is 3. The molecule has 1 aliphatic heterocycles. The molecule has 0 fully saturated rings. The zero-order valence-electron chi connectivity index (χ0n) is 20.3. The summed E-state index contributed by atoms with van der Waals surface area (Å²) in [6, 6.07) is 8.23.